The van der Waals surface area contributed by atoms with E-state index in [1.54, 1.807) is 36.4 Å². The molecule has 9 nitrogen and oxygen atoms in total. The number of anilines is 1. The molecule has 2 aromatic carbocycles. The lowest BCUT2D eigenvalue weighted by Gasteiger charge is -2.13. The molecule has 0 aliphatic carbocycles. The third kappa shape index (κ3) is 5.13. The van der Waals surface area contributed by atoms with Gasteiger partial charge in [-0.2, -0.15) is 0 Å². The number of carbonyl (C=O) groups excluding carboxylic acids is 3. The van der Waals surface area contributed by atoms with Gasteiger partial charge in [0.05, 0.1) is 17.4 Å². The van der Waals surface area contributed by atoms with Crippen LogP contribution in [0.2, 0.25) is 0 Å². The average Bonchev–Trinajstić information content (AvgIpc) is 3.47. The van der Waals surface area contributed by atoms with Crippen LogP contribution in [-0.2, 0) is 20.9 Å². The highest BCUT2D eigenvalue weighted by Crippen LogP contribution is 2.32. The molecule has 162 valence electrons. The number of carbonyl (C=O) groups is 3. The van der Waals surface area contributed by atoms with E-state index in [1.807, 2.05) is 6.07 Å². The SMILES string of the molecule is O=C(NC[C@H]1CCCO1)C(=O)Nc1ccccc1C(=O)NCc1ccc2c(c1)OCO2. The van der Waals surface area contributed by atoms with E-state index in [2.05, 4.69) is 16.0 Å². The van der Waals surface area contributed by atoms with Crippen molar-refractivity contribution in [3.8, 4) is 11.5 Å². The quantitative estimate of drug-likeness (QED) is 0.606. The zero-order valence-corrected chi connectivity index (χ0v) is 16.8. The van der Waals surface area contributed by atoms with Crippen LogP contribution in [0.5, 0.6) is 11.5 Å². The minimum atomic E-state index is -0.839. The first-order chi connectivity index (χ1) is 15.1. The largest absolute Gasteiger partial charge is 0.454 e. The summed E-state index contributed by atoms with van der Waals surface area (Å²) >= 11 is 0. The first-order valence-electron chi connectivity index (χ1n) is 10.1. The molecule has 9 heteroatoms. The highest BCUT2D eigenvalue weighted by molar-refractivity contribution is 6.40. The van der Waals surface area contributed by atoms with Crippen LogP contribution in [0.15, 0.2) is 42.5 Å². The number of ether oxygens (including phenoxy) is 3. The molecular weight excluding hydrogens is 402 g/mol. The Hall–Kier alpha value is -3.59. The highest BCUT2D eigenvalue weighted by atomic mass is 16.7. The summed E-state index contributed by atoms with van der Waals surface area (Å²) in [5.41, 5.74) is 1.35. The van der Waals surface area contributed by atoms with Gasteiger partial charge >= 0.3 is 11.8 Å². The molecule has 0 unspecified atom stereocenters. The van der Waals surface area contributed by atoms with Crippen molar-refractivity contribution in [1.82, 2.24) is 10.6 Å². The zero-order valence-electron chi connectivity index (χ0n) is 16.8. The van der Waals surface area contributed by atoms with Crippen molar-refractivity contribution < 1.29 is 28.6 Å². The molecule has 2 aromatic rings. The Balaban J connectivity index is 1.34. The zero-order chi connectivity index (χ0) is 21.6. The Morgan fingerprint density at radius 1 is 0.968 bits per heavy atom. The van der Waals surface area contributed by atoms with Gasteiger partial charge in [0.1, 0.15) is 0 Å². The van der Waals surface area contributed by atoms with Crippen molar-refractivity contribution in [2.24, 2.45) is 0 Å². The van der Waals surface area contributed by atoms with Crippen molar-refractivity contribution in [2.75, 3.05) is 25.3 Å². The first kappa shape index (κ1) is 20.7. The molecule has 3 amide bonds. The minimum Gasteiger partial charge on any atom is -0.454 e. The van der Waals surface area contributed by atoms with E-state index in [0.717, 1.165) is 18.4 Å². The fourth-order valence-corrected chi connectivity index (χ4v) is 3.39. The highest BCUT2D eigenvalue weighted by Gasteiger charge is 2.21. The number of fused-ring (bicyclic) bond motifs is 1. The molecule has 0 spiro atoms. The van der Waals surface area contributed by atoms with Crippen molar-refractivity contribution >= 4 is 23.4 Å². The molecule has 1 fully saturated rings. The van der Waals surface area contributed by atoms with Gasteiger partial charge in [-0.15, -0.1) is 0 Å². The Bertz CT molecular complexity index is 987. The van der Waals surface area contributed by atoms with Gasteiger partial charge in [0.2, 0.25) is 6.79 Å². The van der Waals surface area contributed by atoms with Gasteiger partial charge in [0.25, 0.3) is 5.91 Å². The topological polar surface area (TPSA) is 115 Å². The first-order valence-corrected chi connectivity index (χ1v) is 10.1. The molecule has 0 bridgehead atoms. The van der Waals surface area contributed by atoms with Crippen LogP contribution in [0.4, 0.5) is 5.69 Å². The normalized spacial score (nSPS) is 16.6. The predicted molar refractivity (Wildman–Crippen MR) is 111 cm³/mol. The summed E-state index contributed by atoms with van der Waals surface area (Å²) in [6, 6.07) is 11.9. The van der Waals surface area contributed by atoms with Crippen LogP contribution in [0, 0.1) is 0 Å². The van der Waals surface area contributed by atoms with E-state index in [1.165, 1.54) is 0 Å². The van der Waals surface area contributed by atoms with E-state index in [4.69, 9.17) is 14.2 Å². The molecule has 2 aliphatic rings. The van der Waals surface area contributed by atoms with Gasteiger partial charge in [-0.25, -0.2) is 0 Å². The molecular formula is C22H23N3O6. The second kappa shape index (κ2) is 9.48. The van der Waals surface area contributed by atoms with Gasteiger partial charge in [-0.1, -0.05) is 18.2 Å². The number of amides is 3. The molecule has 3 N–H and O–H groups in total. The van der Waals surface area contributed by atoms with Crippen molar-refractivity contribution in [1.29, 1.82) is 0 Å². The average molecular weight is 425 g/mol. The lowest BCUT2D eigenvalue weighted by molar-refractivity contribution is -0.136. The Labute approximate surface area is 179 Å². The number of para-hydroxylation sites is 1. The molecule has 2 heterocycles. The van der Waals surface area contributed by atoms with Crippen LogP contribution < -0.4 is 25.4 Å². The number of rotatable bonds is 6. The summed E-state index contributed by atoms with van der Waals surface area (Å²) in [6.45, 7) is 1.39. The van der Waals surface area contributed by atoms with Crippen LogP contribution >= 0.6 is 0 Å². The van der Waals surface area contributed by atoms with E-state index < -0.39 is 11.8 Å². The Morgan fingerprint density at radius 3 is 2.65 bits per heavy atom. The van der Waals surface area contributed by atoms with Crippen LogP contribution in [-0.4, -0.2) is 43.8 Å². The lowest BCUT2D eigenvalue weighted by Crippen LogP contribution is -2.39. The predicted octanol–water partition coefficient (Wildman–Crippen LogP) is 1.58. The summed E-state index contributed by atoms with van der Waals surface area (Å²) in [5, 5.41) is 7.88. The third-order valence-electron chi connectivity index (χ3n) is 5.03. The molecule has 0 saturated carbocycles. The lowest BCUT2D eigenvalue weighted by atomic mass is 10.1. The van der Waals surface area contributed by atoms with E-state index in [9.17, 15) is 14.4 Å². The maximum Gasteiger partial charge on any atom is 0.313 e. The second-order valence-electron chi connectivity index (χ2n) is 7.22. The Morgan fingerprint density at radius 2 is 1.81 bits per heavy atom. The standard InChI is InChI=1S/C22H23N3O6/c26-20(23-11-14-7-8-18-19(10-14)31-13-30-18)16-5-1-2-6-17(16)25-22(28)21(27)24-12-15-4-3-9-29-15/h1-2,5-8,10,15H,3-4,9,11-13H2,(H,23,26)(H,24,27)(H,25,28)/t15-/m1/s1. The summed E-state index contributed by atoms with van der Waals surface area (Å²) in [5.74, 6) is -0.692. The molecule has 4 rings (SSSR count). The van der Waals surface area contributed by atoms with Gasteiger partial charge < -0.3 is 30.2 Å². The number of hydrogen-bond donors (Lipinski definition) is 3. The van der Waals surface area contributed by atoms with Gasteiger partial charge in [-0.3, -0.25) is 14.4 Å². The molecule has 2 aliphatic heterocycles. The van der Waals surface area contributed by atoms with Crippen molar-refractivity contribution in [3.05, 3.63) is 53.6 Å². The monoisotopic (exact) mass is 425 g/mol. The molecule has 0 radical (unpaired) electrons. The maximum atomic E-state index is 12.7. The second-order valence-corrected chi connectivity index (χ2v) is 7.22. The summed E-state index contributed by atoms with van der Waals surface area (Å²) in [4.78, 5) is 37.0. The smallest absolute Gasteiger partial charge is 0.313 e. The number of benzene rings is 2. The van der Waals surface area contributed by atoms with E-state index in [0.29, 0.717) is 18.1 Å². The third-order valence-corrected chi connectivity index (χ3v) is 5.03. The van der Waals surface area contributed by atoms with Gasteiger partial charge in [0, 0.05) is 19.7 Å². The summed E-state index contributed by atoms with van der Waals surface area (Å²) in [7, 11) is 0. The maximum absolute atomic E-state index is 12.7. The minimum absolute atomic E-state index is 0.0639. The van der Waals surface area contributed by atoms with E-state index >= 15 is 0 Å². The molecule has 0 aromatic heterocycles. The van der Waals surface area contributed by atoms with Crippen LogP contribution in [0.3, 0.4) is 0 Å². The molecule has 1 saturated heterocycles. The fourth-order valence-electron chi connectivity index (χ4n) is 3.39. The number of nitrogens with one attached hydrogen (secondary N) is 3. The van der Waals surface area contributed by atoms with E-state index in [-0.39, 0.29) is 43.1 Å². The van der Waals surface area contributed by atoms with Gasteiger partial charge in [0.15, 0.2) is 11.5 Å². The van der Waals surface area contributed by atoms with Crippen LogP contribution in [0.1, 0.15) is 28.8 Å². The Kier molecular flexibility index (Phi) is 6.32. The fraction of sp³-hybridized carbons (Fsp3) is 0.318. The summed E-state index contributed by atoms with van der Waals surface area (Å²) in [6.07, 6.45) is 1.74. The van der Waals surface area contributed by atoms with Gasteiger partial charge in [-0.05, 0) is 42.7 Å². The molecule has 31 heavy (non-hydrogen) atoms. The summed E-state index contributed by atoms with van der Waals surface area (Å²) < 4.78 is 16.0. The number of hydrogen-bond acceptors (Lipinski definition) is 6. The van der Waals surface area contributed by atoms with Crippen molar-refractivity contribution in [2.45, 2.75) is 25.5 Å². The molecule has 1 atom stereocenters. The van der Waals surface area contributed by atoms with Crippen molar-refractivity contribution in [3.63, 3.8) is 0 Å². The van der Waals surface area contributed by atoms with Crippen LogP contribution in [0.25, 0.3) is 0 Å².